The van der Waals surface area contributed by atoms with Crippen molar-refractivity contribution in [3.8, 4) is 0 Å². The topological polar surface area (TPSA) is 78.4 Å². The molecule has 21 heavy (non-hydrogen) atoms. The van der Waals surface area contributed by atoms with Gasteiger partial charge in [-0.1, -0.05) is 0 Å². The smallest absolute Gasteiger partial charge is 0.251 e. The summed E-state index contributed by atoms with van der Waals surface area (Å²) < 4.78 is 13.5. The molecule has 114 valence electrons. The van der Waals surface area contributed by atoms with E-state index >= 15 is 0 Å². The van der Waals surface area contributed by atoms with Crippen LogP contribution >= 0.6 is 0 Å². The predicted molar refractivity (Wildman–Crippen MR) is 76.4 cm³/mol. The fraction of sp³-hybridized carbons (Fsp3) is 0.467. The van der Waals surface area contributed by atoms with E-state index < -0.39 is 11.7 Å². The molecule has 3 N–H and O–H groups in total. The minimum Gasteiger partial charge on any atom is -0.393 e. The largest absolute Gasteiger partial charge is 0.393 e. The van der Waals surface area contributed by atoms with Crippen LogP contribution in [0, 0.1) is 5.82 Å². The summed E-state index contributed by atoms with van der Waals surface area (Å²) in [7, 11) is 0. The molecule has 6 heteroatoms. The second-order valence-corrected chi connectivity index (χ2v) is 5.35. The molecule has 0 aliphatic heterocycles. The zero-order chi connectivity index (χ0) is 15.4. The third-order valence-electron chi connectivity index (χ3n) is 3.57. The van der Waals surface area contributed by atoms with Crippen molar-refractivity contribution in [2.45, 2.75) is 44.8 Å². The Hall–Kier alpha value is -1.95. The van der Waals surface area contributed by atoms with E-state index in [4.69, 9.17) is 0 Å². The number of hydrogen-bond donors (Lipinski definition) is 3. The molecule has 2 amide bonds. The van der Waals surface area contributed by atoms with Crippen LogP contribution in [0.2, 0.25) is 0 Å². The van der Waals surface area contributed by atoms with E-state index in [1.54, 1.807) is 0 Å². The normalized spacial score (nSPS) is 21.7. The molecule has 1 aromatic rings. The van der Waals surface area contributed by atoms with Crippen molar-refractivity contribution in [2.75, 3.05) is 5.32 Å². The third-order valence-corrected chi connectivity index (χ3v) is 3.57. The molecular weight excluding hydrogens is 275 g/mol. The van der Waals surface area contributed by atoms with Crippen LogP contribution in [0.15, 0.2) is 18.2 Å². The highest BCUT2D eigenvalue weighted by Gasteiger charge is 2.21. The van der Waals surface area contributed by atoms with Crippen molar-refractivity contribution in [1.82, 2.24) is 5.32 Å². The number of halogens is 1. The summed E-state index contributed by atoms with van der Waals surface area (Å²) in [5, 5.41) is 14.7. The van der Waals surface area contributed by atoms with Gasteiger partial charge in [0, 0.05) is 18.5 Å². The second-order valence-electron chi connectivity index (χ2n) is 5.35. The van der Waals surface area contributed by atoms with Gasteiger partial charge in [-0.2, -0.15) is 0 Å². The first-order valence-corrected chi connectivity index (χ1v) is 7.02. The first-order valence-electron chi connectivity index (χ1n) is 7.02. The van der Waals surface area contributed by atoms with Gasteiger partial charge >= 0.3 is 0 Å². The van der Waals surface area contributed by atoms with Crippen molar-refractivity contribution < 1.29 is 19.1 Å². The van der Waals surface area contributed by atoms with Crippen LogP contribution in [-0.2, 0) is 4.79 Å². The Morgan fingerprint density at radius 2 is 1.90 bits per heavy atom. The molecule has 1 saturated carbocycles. The van der Waals surface area contributed by atoms with Gasteiger partial charge in [-0.25, -0.2) is 4.39 Å². The van der Waals surface area contributed by atoms with Gasteiger partial charge in [0.2, 0.25) is 5.91 Å². The number of aliphatic hydroxyl groups is 1. The zero-order valence-electron chi connectivity index (χ0n) is 11.9. The van der Waals surface area contributed by atoms with Crippen molar-refractivity contribution in [2.24, 2.45) is 0 Å². The first kappa shape index (κ1) is 15.4. The van der Waals surface area contributed by atoms with E-state index in [2.05, 4.69) is 10.6 Å². The number of anilines is 1. The molecule has 1 fully saturated rings. The highest BCUT2D eigenvalue weighted by atomic mass is 19.1. The van der Waals surface area contributed by atoms with Gasteiger partial charge in [-0.3, -0.25) is 9.59 Å². The number of carbonyl (C=O) groups excluding carboxylic acids is 2. The number of benzene rings is 1. The molecule has 0 saturated heterocycles. The van der Waals surface area contributed by atoms with Gasteiger partial charge in [-0.05, 0) is 43.9 Å². The molecule has 0 spiro atoms. The van der Waals surface area contributed by atoms with Crippen LogP contribution in [0.5, 0.6) is 0 Å². The quantitative estimate of drug-likeness (QED) is 0.795. The van der Waals surface area contributed by atoms with Crippen molar-refractivity contribution >= 4 is 17.5 Å². The monoisotopic (exact) mass is 294 g/mol. The van der Waals surface area contributed by atoms with Crippen LogP contribution in [0.1, 0.15) is 43.0 Å². The fourth-order valence-electron chi connectivity index (χ4n) is 2.44. The Bertz CT molecular complexity index is 540. The Morgan fingerprint density at radius 3 is 2.52 bits per heavy atom. The van der Waals surface area contributed by atoms with Crippen molar-refractivity contribution in [3.63, 3.8) is 0 Å². The number of aliphatic hydroxyl groups excluding tert-OH is 1. The Morgan fingerprint density at radius 1 is 1.24 bits per heavy atom. The molecule has 0 radical (unpaired) electrons. The fourth-order valence-corrected chi connectivity index (χ4v) is 2.44. The number of hydrogen-bond acceptors (Lipinski definition) is 3. The summed E-state index contributed by atoms with van der Waals surface area (Å²) in [6.45, 7) is 1.28. The van der Waals surface area contributed by atoms with E-state index in [-0.39, 0.29) is 23.7 Å². The summed E-state index contributed by atoms with van der Waals surface area (Å²) in [4.78, 5) is 23.1. The molecule has 0 unspecified atom stereocenters. The molecule has 1 aliphatic carbocycles. The maximum atomic E-state index is 13.5. The molecule has 1 aromatic carbocycles. The molecular formula is C15H19FN2O3. The van der Waals surface area contributed by atoms with E-state index in [1.807, 2.05) is 0 Å². The van der Waals surface area contributed by atoms with Crippen LogP contribution in [0.4, 0.5) is 10.1 Å². The Kier molecular flexibility index (Phi) is 4.90. The highest BCUT2D eigenvalue weighted by Crippen LogP contribution is 2.20. The van der Waals surface area contributed by atoms with Gasteiger partial charge in [-0.15, -0.1) is 0 Å². The van der Waals surface area contributed by atoms with Gasteiger partial charge < -0.3 is 15.7 Å². The summed E-state index contributed by atoms with van der Waals surface area (Å²) in [5.41, 5.74) is 0.292. The van der Waals surface area contributed by atoms with Gasteiger partial charge in [0.25, 0.3) is 5.91 Å². The summed E-state index contributed by atoms with van der Waals surface area (Å²) in [6, 6.07) is 3.89. The lowest BCUT2D eigenvalue weighted by molar-refractivity contribution is -0.114. The summed E-state index contributed by atoms with van der Waals surface area (Å²) >= 11 is 0. The van der Waals surface area contributed by atoms with Crippen LogP contribution < -0.4 is 10.6 Å². The molecule has 1 aliphatic rings. The van der Waals surface area contributed by atoms with Gasteiger partial charge in [0.1, 0.15) is 5.82 Å². The molecule has 2 rings (SSSR count). The molecule has 5 nitrogen and oxygen atoms in total. The molecule has 0 bridgehead atoms. The first-order chi connectivity index (χ1) is 9.95. The lowest BCUT2D eigenvalue weighted by atomic mass is 9.93. The zero-order valence-corrected chi connectivity index (χ0v) is 11.9. The van der Waals surface area contributed by atoms with Crippen LogP contribution in [0.3, 0.4) is 0 Å². The average Bonchev–Trinajstić information content (AvgIpc) is 2.43. The standard InChI is InChI=1S/C15H19FN2O3/c1-9(19)17-14-8-10(2-7-13(14)16)15(21)18-11-3-5-12(20)6-4-11/h2,7-8,11-12,20H,3-6H2,1H3,(H,17,19)(H,18,21). The SMILES string of the molecule is CC(=O)Nc1cc(C(=O)NC2CCC(O)CC2)ccc1F. The van der Waals surface area contributed by atoms with E-state index in [0.29, 0.717) is 18.4 Å². The van der Waals surface area contributed by atoms with E-state index in [1.165, 1.54) is 19.1 Å². The number of rotatable bonds is 3. The minimum atomic E-state index is -0.581. The lowest BCUT2D eigenvalue weighted by Gasteiger charge is -2.26. The minimum absolute atomic E-state index is 0.00536. The van der Waals surface area contributed by atoms with E-state index in [9.17, 15) is 19.1 Å². The number of nitrogens with one attached hydrogen (secondary N) is 2. The average molecular weight is 294 g/mol. The predicted octanol–water partition coefficient (Wildman–Crippen LogP) is 1.82. The van der Waals surface area contributed by atoms with Crippen LogP contribution in [-0.4, -0.2) is 29.1 Å². The second kappa shape index (κ2) is 6.67. The number of carbonyl (C=O) groups is 2. The number of amides is 2. The van der Waals surface area contributed by atoms with Crippen LogP contribution in [0.25, 0.3) is 0 Å². The molecule has 0 heterocycles. The van der Waals surface area contributed by atoms with E-state index in [0.717, 1.165) is 18.9 Å². The summed E-state index contributed by atoms with van der Waals surface area (Å²) in [5.74, 6) is -1.28. The van der Waals surface area contributed by atoms with Gasteiger partial charge in [0.05, 0.1) is 11.8 Å². The summed E-state index contributed by atoms with van der Waals surface area (Å²) in [6.07, 6.45) is 2.52. The Balaban J connectivity index is 2.03. The van der Waals surface area contributed by atoms with Crippen molar-refractivity contribution in [1.29, 1.82) is 0 Å². The lowest BCUT2D eigenvalue weighted by Crippen LogP contribution is -2.38. The molecule has 0 atom stereocenters. The van der Waals surface area contributed by atoms with Gasteiger partial charge in [0.15, 0.2) is 0 Å². The maximum Gasteiger partial charge on any atom is 0.251 e. The highest BCUT2D eigenvalue weighted by molar-refractivity contribution is 5.97. The molecule has 0 aromatic heterocycles. The third kappa shape index (κ3) is 4.26. The Labute approximate surface area is 122 Å². The maximum absolute atomic E-state index is 13.5. The van der Waals surface area contributed by atoms with Crippen molar-refractivity contribution in [3.05, 3.63) is 29.6 Å².